The minimum absolute atomic E-state index is 0.379. The first-order valence-corrected chi connectivity index (χ1v) is 6.93. The number of hydrogen-bond donors (Lipinski definition) is 2. The van der Waals surface area contributed by atoms with Crippen molar-refractivity contribution in [3.8, 4) is 5.75 Å². The van der Waals surface area contributed by atoms with Gasteiger partial charge in [-0.25, -0.2) is 0 Å². The molecule has 2 heterocycles. The molecule has 3 N–H and O–H groups in total. The van der Waals surface area contributed by atoms with E-state index in [2.05, 4.69) is 17.9 Å². The van der Waals surface area contributed by atoms with Crippen molar-refractivity contribution in [2.24, 2.45) is 5.73 Å². The van der Waals surface area contributed by atoms with Crippen LogP contribution in [0.5, 0.6) is 5.75 Å². The van der Waals surface area contributed by atoms with E-state index < -0.39 is 0 Å². The third-order valence-electron chi connectivity index (χ3n) is 4.51. The number of aryl methyl sites for hydroxylation is 1. The van der Waals surface area contributed by atoms with Crippen molar-refractivity contribution in [3.63, 3.8) is 0 Å². The SMILES string of the molecule is Cc1ccc(O)c(CN2C3CCC2CC(N)C3)c1. The summed E-state index contributed by atoms with van der Waals surface area (Å²) in [4.78, 5) is 2.55. The van der Waals surface area contributed by atoms with Crippen LogP contribution in [0.2, 0.25) is 0 Å². The Bertz CT molecular complexity index is 432. The monoisotopic (exact) mass is 246 g/mol. The Morgan fingerprint density at radius 2 is 1.94 bits per heavy atom. The second-order valence-electron chi connectivity index (χ2n) is 5.92. The number of phenolic OH excluding ortho intramolecular Hbond substituents is 1. The Labute approximate surface area is 109 Å². The highest BCUT2D eigenvalue weighted by molar-refractivity contribution is 5.35. The molecule has 0 aliphatic carbocycles. The number of aromatic hydroxyl groups is 1. The fourth-order valence-electron chi connectivity index (χ4n) is 3.61. The Hall–Kier alpha value is -1.06. The summed E-state index contributed by atoms with van der Waals surface area (Å²) in [5.41, 5.74) is 8.36. The molecule has 2 aliphatic heterocycles. The number of hydrogen-bond acceptors (Lipinski definition) is 3. The van der Waals surface area contributed by atoms with E-state index >= 15 is 0 Å². The molecule has 1 aromatic rings. The highest BCUT2D eigenvalue weighted by atomic mass is 16.3. The molecule has 0 amide bonds. The van der Waals surface area contributed by atoms with E-state index in [9.17, 15) is 5.11 Å². The lowest BCUT2D eigenvalue weighted by Gasteiger charge is -2.37. The summed E-state index contributed by atoms with van der Waals surface area (Å²) in [5, 5.41) is 9.96. The second-order valence-corrected chi connectivity index (χ2v) is 5.92. The van der Waals surface area contributed by atoms with E-state index in [1.54, 1.807) is 0 Å². The van der Waals surface area contributed by atoms with Crippen molar-refractivity contribution in [3.05, 3.63) is 29.3 Å². The van der Waals surface area contributed by atoms with Gasteiger partial charge in [0.15, 0.2) is 0 Å². The third-order valence-corrected chi connectivity index (χ3v) is 4.51. The molecule has 3 nitrogen and oxygen atoms in total. The maximum atomic E-state index is 9.96. The molecule has 0 saturated carbocycles. The second kappa shape index (κ2) is 4.56. The lowest BCUT2D eigenvalue weighted by molar-refractivity contribution is 0.119. The van der Waals surface area contributed by atoms with Crippen molar-refractivity contribution in [1.29, 1.82) is 0 Å². The molecule has 0 spiro atoms. The largest absolute Gasteiger partial charge is 0.508 e. The number of phenols is 1. The Morgan fingerprint density at radius 3 is 2.61 bits per heavy atom. The molecule has 2 bridgehead atoms. The molecule has 0 aromatic heterocycles. The molecule has 1 aromatic carbocycles. The van der Waals surface area contributed by atoms with Crippen LogP contribution in [0.3, 0.4) is 0 Å². The predicted octanol–water partition coefficient (Wildman–Crippen LogP) is 2.15. The van der Waals surface area contributed by atoms with Gasteiger partial charge in [0.1, 0.15) is 5.75 Å². The number of rotatable bonds is 2. The van der Waals surface area contributed by atoms with Gasteiger partial charge in [0.25, 0.3) is 0 Å². The van der Waals surface area contributed by atoms with E-state index in [4.69, 9.17) is 5.73 Å². The van der Waals surface area contributed by atoms with E-state index in [-0.39, 0.29) is 0 Å². The fraction of sp³-hybridized carbons (Fsp3) is 0.600. The van der Waals surface area contributed by atoms with Crippen LogP contribution in [-0.4, -0.2) is 28.1 Å². The van der Waals surface area contributed by atoms with Crippen LogP contribution < -0.4 is 5.73 Å². The molecular weight excluding hydrogens is 224 g/mol. The standard InChI is InChI=1S/C15H22N2O/c1-10-2-5-15(18)11(6-10)9-17-13-3-4-14(17)8-12(16)7-13/h2,5-6,12-14,18H,3-4,7-9,16H2,1H3. The molecule has 2 saturated heterocycles. The van der Waals surface area contributed by atoms with Crippen molar-refractivity contribution >= 4 is 0 Å². The maximum Gasteiger partial charge on any atom is 0.120 e. The van der Waals surface area contributed by atoms with Gasteiger partial charge in [0, 0.05) is 30.2 Å². The summed E-state index contributed by atoms with van der Waals surface area (Å²) >= 11 is 0. The van der Waals surface area contributed by atoms with Crippen molar-refractivity contribution in [2.75, 3.05) is 0 Å². The number of benzene rings is 1. The molecule has 18 heavy (non-hydrogen) atoms. The molecule has 3 heteroatoms. The first-order chi connectivity index (χ1) is 8.63. The van der Waals surface area contributed by atoms with Gasteiger partial charge < -0.3 is 10.8 Å². The van der Waals surface area contributed by atoms with Crippen LogP contribution in [0.1, 0.15) is 36.8 Å². The molecule has 2 atom stereocenters. The normalized spacial score (nSPS) is 31.8. The Morgan fingerprint density at radius 1 is 1.28 bits per heavy atom. The number of piperidine rings is 1. The summed E-state index contributed by atoms with van der Waals surface area (Å²) in [6.07, 6.45) is 4.77. The fourth-order valence-corrected chi connectivity index (χ4v) is 3.61. The molecule has 2 unspecified atom stereocenters. The third kappa shape index (κ3) is 2.13. The highest BCUT2D eigenvalue weighted by Gasteiger charge is 2.39. The molecule has 2 fully saturated rings. The van der Waals surface area contributed by atoms with E-state index in [1.807, 2.05) is 12.1 Å². The van der Waals surface area contributed by atoms with Gasteiger partial charge in [-0.2, -0.15) is 0 Å². The highest BCUT2D eigenvalue weighted by Crippen LogP contribution is 2.37. The van der Waals surface area contributed by atoms with Crippen LogP contribution >= 0.6 is 0 Å². The van der Waals surface area contributed by atoms with Gasteiger partial charge >= 0.3 is 0 Å². The smallest absolute Gasteiger partial charge is 0.120 e. The van der Waals surface area contributed by atoms with Gasteiger partial charge in [-0.3, -0.25) is 4.90 Å². The lowest BCUT2D eigenvalue weighted by Crippen LogP contribution is -2.46. The zero-order valence-corrected chi connectivity index (χ0v) is 11.0. The summed E-state index contributed by atoms with van der Waals surface area (Å²) in [6, 6.07) is 7.49. The van der Waals surface area contributed by atoms with Crippen molar-refractivity contribution in [2.45, 2.75) is 57.3 Å². The lowest BCUT2D eigenvalue weighted by atomic mass is 9.97. The number of fused-ring (bicyclic) bond motifs is 2. The van der Waals surface area contributed by atoms with E-state index in [1.165, 1.54) is 18.4 Å². The molecule has 3 rings (SSSR count). The first-order valence-electron chi connectivity index (χ1n) is 6.93. The minimum atomic E-state index is 0.379. The maximum absolute atomic E-state index is 9.96. The summed E-state index contributed by atoms with van der Waals surface area (Å²) in [7, 11) is 0. The molecular formula is C15H22N2O. The number of nitrogens with zero attached hydrogens (tertiary/aromatic N) is 1. The quantitative estimate of drug-likeness (QED) is 0.840. The zero-order valence-electron chi connectivity index (χ0n) is 11.0. The van der Waals surface area contributed by atoms with Crippen LogP contribution in [0.4, 0.5) is 0 Å². The zero-order chi connectivity index (χ0) is 12.7. The first kappa shape index (κ1) is 12.0. The van der Waals surface area contributed by atoms with Crippen LogP contribution in [-0.2, 0) is 6.54 Å². The Kier molecular flexibility index (Phi) is 3.04. The average Bonchev–Trinajstić information content (AvgIpc) is 2.57. The Balaban J connectivity index is 1.79. The van der Waals surface area contributed by atoms with Gasteiger partial charge in [-0.1, -0.05) is 17.7 Å². The van der Waals surface area contributed by atoms with Gasteiger partial charge in [-0.05, 0) is 38.7 Å². The summed E-state index contributed by atoms with van der Waals surface area (Å²) in [6.45, 7) is 2.94. The van der Waals surface area contributed by atoms with Gasteiger partial charge in [0.2, 0.25) is 0 Å². The van der Waals surface area contributed by atoms with Crippen LogP contribution in [0.15, 0.2) is 18.2 Å². The average molecular weight is 246 g/mol. The minimum Gasteiger partial charge on any atom is -0.508 e. The topological polar surface area (TPSA) is 49.5 Å². The predicted molar refractivity (Wildman–Crippen MR) is 72.4 cm³/mol. The molecule has 98 valence electrons. The molecule has 0 radical (unpaired) electrons. The van der Waals surface area contributed by atoms with E-state index in [0.717, 1.165) is 24.9 Å². The summed E-state index contributed by atoms with van der Waals surface area (Å²) in [5.74, 6) is 0.426. The van der Waals surface area contributed by atoms with Gasteiger partial charge in [0.05, 0.1) is 0 Å². The van der Waals surface area contributed by atoms with Crippen molar-refractivity contribution in [1.82, 2.24) is 4.90 Å². The molecule has 2 aliphatic rings. The van der Waals surface area contributed by atoms with Crippen molar-refractivity contribution < 1.29 is 5.11 Å². The van der Waals surface area contributed by atoms with Crippen LogP contribution in [0.25, 0.3) is 0 Å². The van der Waals surface area contributed by atoms with Gasteiger partial charge in [-0.15, -0.1) is 0 Å². The summed E-state index contributed by atoms with van der Waals surface area (Å²) < 4.78 is 0. The van der Waals surface area contributed by atoms with E-state index in [0.29, 0.717) is 23.9 Å². The number of nitrogens with two attached hydrogens (primary N) is 1. The van der Waals surface area contributed by atoms with Crippen LogP contribution in [0, 0.1) is 6.92 Å².